The highest BCUT2D eigenvalue weighted by molar-refractivity contribution is 5.81. The molecule has 2 N–H and O–H groups in total. The van der Waals surface area contributed by atoms with E-state index in [-0.39, 0.29) is 36.1 Å². The van der Waals surface area contributed by atoms with E-state index in [0.29, 0.717) is 19.6 Å². The van der Waals surface area contributed by atoms with Gasteiger partial charge in [-0.05, 0) is 30.5 Å². The zero-order valence-corrected chi connectivity index (χ0v) is 13.6. The van der Waals surface area contributed by atoms with E-state index >= 15 is 0 Å². The number of halogens is 3. The zero-order valence-electron chi connectivity index (χ0n) is 13.6. The molecule has 0 radical (unpaired) electrons. The zero-order chi connectivity index (χ0) is 18.0. The number of carbonyl (C=O) groups excluding carboxylic acids is 1. The average molecular weight is 358 g/mol. The van der Waals surface area contributed by atoms with Crippen molar-refractivity contribution in [3.8, 4) is 5.75 Å². The largest absolute Gasteiger partial charge is 0.573 e. The third kappa shape index (κ3) is 5.09. The van der Waals surface area contributed by atoms with E-state index in [1.807, 2.05) is 0 Å². The van der Waals surface area contributed by atoms with Crippen LogP contribution in [0.2, 0.25) is 0 Å². The second-order valence-corrected chi connectivity index (χ2v) is 6.72. The molecule has 1 saturated heterocycles. The summed E-state index contributed by atoms with van der Waals surface area (Å²) in [6, 6.07) is 5.66. The first kappa shape index (κ1) is 18.0. The summed E-state index contributed by atoms with van der Waals surface area (Å²) in [5.74, 6) is -0.107. The molecule has 1 aromatic rings. The normalized spacial score (nSPS) is 24.3. The van der Waals surface area contributed by atoms with E-state index in [9.17, 15) is 23.1 Å². The van der Waals surface area contributed by atoms with Crippen molar-refractivity contribution < 1.29 is 27.8 Å². The van der Waals surface area contributed by atoms with Gasteiger partial charge in [0.15, 0.2) is 0 Å². The maximum atomic E-state index is 12.2. The lowest BCUT2D eigenvalue weighted by molar-refractivity contribution is -0.274. The monoisotopic (exact) mass is 358 g/mol. The Balaban J connectivity index is 1.54. The Hall–Kier alpha value is -1.80. The molecule has 3 rings (SSSR count). The van der Waals surface area contributed by atoms with E-state index in [4.69, 9.17) is 0 Å². The van der Waals surface area contributed by atoms with Gasteiger partial charge in [0.25, 0.3) is 0 Å². The molecular formula is C17H21F3N2O3. The Morgan fingerprint density at radius 1 is 1.24 bits per heavy atom. The molecule has 1 saturated carbocycles. The molecule has 5 nitrogen and oxygen atoms in total. The number of hydrogen-bond donors (Lipinski definition) is 2. The van der Waals surface area contributed by atoms with Gasteiger partial charge in [0.1, 0.15) is 5.75 Å². The third-order valence-corrected chi connectivity index (χ3v) is 4.59. The number of hydrogen-bond acceptors (Lipinski definition) is 4. The van der Waals surface area contributed by atoms with Crippen molar-refractivity contribution in [2.45, 2.75) is 31.8 Å². The van der Waals surface area contributed by atoms with Crippen molar-refractivity contribution >= 4 is 5.91 Å². The fourth-order valence-electron chi connectivity index (χ4n) is 3.14. The fourth-order valence-corrected chi connectivity index (χ4v) is 3.14. The van der Waals surface area contributed by atoms with Crippen LogP contribution < -0.4 is 10.1 Å². The maximum absolute atomic E-state index is 12.2. The van der Waals surface area contributed by atoms with Crippen LogP contribution >= 0.6 is 0 Å². The van der Waals surface area contributed by atoms with Crippen molar-refractivity contribution in [1.82, 2.24) is 10.2 Å². The molecule has 25 heavy (non-hydrogen) atoms. The van der Waals surface area contributed by atoms with Crippen molar-refractivity contribution in [3.63, 3.8) is 0 Å². The molecule has 0 unspecified atom stereocenters. The van der Waals surface area contributed by atoms with Crippen molar-refractivity contribution in [2.75, 3.05) is 19.7 Å². The van der Waals surface area contributed by atoms with Gasteiger partial charge in [-0.2, -0.15) is 0 Å². The predicted molar refractivity (Wildman–Crippen MR) is 83.6 cm³/mol. The number of likely N-dealkylation sites (tertiary alicyclic amines) is 1. The summed E-state index contributed by atoms with van der Waals surface area (Å²) in [5.41, 5.74) is 0.848. The van der Waals surface area contributed by atoms with Crippen LogP contribution in [0.4, 0.5) is 13.2 Å². The minimum Gasteiger partial charge on any atom is -0.406 e. The van der Waals surface area contributed by atoms with Crippen LogP contribution in [0, 0.1) is 11.8 Å². The van der Waals surface area contributed by atoms with Crippen molar-refractivity contribution in [2.24, 2.45) is 11.8 Å². The lowest BCUT2D eigenvalue weighted by Gasteiger charge is -2.18. The van der Waals surface area contributed by atoms with Crippen LogP contribution in [0.15, 0.2) is 24.3 Å². The number of benzene rings is 1. The number of alkyl halides is 3. The molecule has 2 aliphatic rings. The third-order valence-electron chi connectivity index (χ3n) is 4.59. The standard InChI is InChI=1S/C17H21F3N2O3/c18-17(19,20)25-14-5-1-11(2-6-14)7-22-8-13(10-23)15(9-22)21-16(24)12-3-4-12/h1-2,5-6,12-13,15,23H,3-4,7-10H2,(H,21,24)/t13-,15+/m0/s1. The number of aliphatic hydroxyl groups is 1. The number of amides is 1. The first-order chi connectivity index (χ1) is 11.8. The second kappa shape index (κ2) is 7.21. The Morgan fingerprint density at radius 2 is 1.92 bits per heavy atom. The molecule has 0 spiro atoms. The summed E-state index contributed by atoms with van der Waals surface area (Å²) in [6.07, 6.45) is -2.84. The van der Waals surface area contributed by atoms with E-state index in [0.717, 1.165) is 18.4 Å². The predicted octanol–water partition coefficient (Wildman–Crippen LogP) is 1.90. The first-order valence-corrected chi connectivity index (χ1v) is 8.32. The van der Waals surface area contributed by atoms with Crippen LogP contribution in [0.1, 0.15) is 18.4 Å². The number of carbonyl (C=O) groups is 1. The first-order valence-electron chi connectivity index (χ1n) is 8.32. The second-order valence-electron chi connectivity index (χ2n) is 6.72. The minimum absolute atomic E-state index is 0.00945. The summed E-state index contributed by atoms with van der Waals surface area (Å²) < 4.78 is 40.4. The minimum atomic E-state index is -4.70. The van der Waals surface area contributed by atoms with Crippen molar-refractivity contribution in [3.05, 3.63) is 29.8 Å². The van der Waals surface area contributed by atoms with Crippen LogP contribution in [0.5, 0.6) is 5.75 Å². The Bertz CT molecular complexity index is 602. The van der Waals surface area contributed by atoms with Gasteiger partial charge in [0.05, 0.1) is 0 Å². The highest BCUT2D eigenvalue weighted by Crippen LogP contribution is 2.30. The van der Waals surface area contributed by atoms with Crippen LogP contribution in [-0.2, 0) is 11.3 Å². The van der Waals surface area contributed by atoms with E-state index < -0.39 is 6.36 Å². The summed E-state index contributed by atoms with van der Waals surface area (Å²) in [7, 11) is 0. The number of nitrogens with zero attached hydrogens (tertiary/aromatic N) is 1. The number of nitrogens with one attached hydrogen (secondary N) is 1. The topological polar surface area (TPSA) is 61.8 Å². The molecule has 0 bridgehead atoms. The number of rotatable bonds is 6. The fraction of sp³-hybridized carbons (Fsp3) is 0.588. The van der Waals surface area contributed by atoms with Crippen LogP contribution in [0.3, 0.4) is 0 Å². The summed E-state index contributed by atoms with van der Waals surface area (Å²) in [5, 5.41) is 12.5. The highest BCUT2D eigenvalue weighted by Gasteiger charge is 2.37. The lowest BCUT2D eigenvalue weighted by atomic mass is 10.1. The number of ether oxygens (including phenoxy) is 1. The van der Waals surface area contributed by atoms with Crippen LogP contribution in [0.25, 0.3) is 0 Å². The molecule has 2 atom stereocenters. The van der Waals surface area contributed by atoms with Gasteiger partial charge in [-0.3, -0.25) is 9.69 Å². The molecule has 1 amide bonds. The van der Waals surface area contributed by atoms with Gasteiger partial charge in [-0.15, -0.1) is 13.2 Å². The van der Waals surface area contributed by atoms with E-state index in [2.05, 4.69) is 15.0 Å². The quantitative estimate of drug-likeness (QED) is 0.816. The molecule has 138 valence electrons. The van der Waals surface area contributed by atoms with Gasteiger partial charge in [0, 0.05) is 44.1 Å². The van der Waals surface area contributed by atoms with Crippen molar-refractivity contribution in [1.29, 1.82) is 0 Å². The molecule has 1 aromatic carbocycles. The maximum Gasteiger partial charge on any atom is 0.573 e. The molecule has 0 aromatic heterocycles. The molecule has 1 aliphatic carbocycles. The Kier molecular flexibility index (Phi) is 5.19. The molecule has 2 fully saturated rings. The molecular weight excluding hydrogens is 337 g/mol. The lowest BCUT2D eigenvalue weighted by Crippen LogP contribution is -2.42. The van der Waals surface area contributed by atoms with Gasteiger partial charge >= 0.3 is 6.36 Å². The average Bonchev–Trinajstić information content (AvgIpc) is 3.31. The summed E-state index contributed by atoms with van der Waals surface area (Å²) in [6.45, 7) is 1.78. The Morgan fingerprint density at radius 3 is 2.48 bits per heavy atom. The molecule has 1 heterocycles. The van der Waals surface area contributed by atoms with Gasteiger partial charge in [-0.25, -0.2) is 0 Å². The summed E-state index contributed by atoms with van der Waals surface area (Å²) >= 11 is 0. The van der Waals surface area contributed by atoms with Crippen LogP contribution in [-0.4, -0.2) is 48.0 Å². The Labute approximate surface area is 143 Å². The highest BCUT2D eigenvalue weighted by atomic mass is 19.4. The molecule has 8 heteroatoms. The smallest absolute Gasteiger partial charge is 0.406 e. The van der Waals surface area contributed by atoms with E-state index in [1.54, 1.807) is 12.1 Å². The van der Waals surface area contributed by atoms with E-state index in [1.165, 1.54) is 12.1 Å². The summed E-state index contributed by atoms with van der Waals surface area (Å²) in [4.78, 5) is 14.0. The van der Waals surface area contributed by atoms with Gasteiger partial charge in [0.2, 0.25) is 5.91 Å². The van der Waals surface area contributed by atoms with Gasteiger partial charge in [-0.1, -0.05) is 12.1 Å². The number of aliphatic hydroxyl groups excluding tert-OH is 1. The SMILES string of the molecule is O=C(N[C@@H]1CN(Cc2ccc(OC(F)(F)F)cc2)C[C@H]1CO)C1CC1. The van der Waals surface area contributed by atoms with Gasteiger partial charge < -0.3 is 15.2 Å². The molecule has 1 aliphatic heterocycles.